The fourth-order valence-electron chi connectivity index (χ4n) is 3.81. The van der Waals surface area contributed by atoms with Crippen LogP contribution in [0.15, 0.2) is 47.4 Å². The maximum absolute atomic E-state index is 12.5. The van der Waals surface area contributed by atoms with Crippen LogP contribution in [0.5, 0.6) is 5.75 Å². The van der Waals surface area contributed by atoms with Crippen LogP contribution in [-0.4, -0.2) is 27.5 Å². The summed E-state index contributed by atoms with van der Waals surface area (Å²) in [6.07, 6.45) is 5.73. The van der Waals surface area contributed by atoms with Crippen LogP contribution in [-0.2, 0) is 10.0 Å². The Bertz CT molecular complexity index is 869. The number of allylic oxidation sites excluding steroid dienone is 3. The van der Waals surface area contributed by atoms with Gasteiger partial charge in [-0.15, -0.1) is 0 Å². The van der Waals surface area contributed by atoms with Gasteiger partial charge in [-0.05, 0) is 54.0 Å². The van der Waals surface area contributed by atoms with Gasteiger partial charge in [0.05, 0.1) is 12.0 Å². The first-order valence-electron chi connectivity index (χ1n) is 8.50. The molecule has 2 aliphatic carbocycles. The van der Waals surface area contributed by atoms with E-state index in [1.54, 1.807) is 43.5 Å². The molecular weight excluding hydrogens is 352 g/mol. The van der Waals surface area contributed by atoms with Crippen LogP contribution in [0.1, 0.15) is 30.6 Å². The number of amides is 1. The molecule has 140 valence electrons. The number of ether oxygens (including phenoxy) is 1. The Balaban J connectivity index is 1.66. The molecule has 1 unspecified atom stereocenters. The molecule has 0 aliphatic heterocycles. The van der Waals surface area contributed by atoms with Crippen molar-refractivity contribution < 1.29 is 17.9 Å². The molecule has 0 spiro atoms. The molecule has 0 aromatic heterocycles. The largest absolute Gasteiger partial charge is 0.497 e. The van der Waals surface area contributed by atoms with Crippen molar-refractivity contribution in [1.29, 1.82) is 0 Å². The molecule has 1 saturated carbocycles. The van der Waals surface area contributed by atoms with Gasteiger partial charge in [-0.3, -0.25) is 4.79 Å². The summed E-state index contributed by atoms with van der Waals surface area (Å²) in [7, 11) is -2.08. The van der Waals surface area contributed by atoms with E-state index < -0.39 is 10.0 Å². The highest BCUT2D eigenvalue weighted by Crippen LogP contribution is 2.57. The number of nitrogens with two attached hydrogens (primary N) is 1. The minimum absolute atomic E-state index is 0.0381. The summed E-state index contributed by atoms with van der Waals surface area (Å²) < 4.78 is 27.9. The highest BCUT2D eigenvalue weighted by molar-refractivity contribution is 7.93. The fraction of sp³-hybridized carbons (Fsp3) is 0.421. The Kier molecular flexibility index (Phi) is 4.71. The van der Waals surface area contributed by atoms with Crippen LogP contribution < -0.4 is 15.2 Å². The summed E-state index contributed by atoms with van der Waals surface area (Å²) in [5, 5.41) is 8.28. The van der Waals surface area contributed by atoms with Gasteiger partial charge in [0.25, 0.3) is 5.91 Å². The number of hydrogen-bond acceptors (Lipinski definition) is 4. The van der Waals surface area contributed by atoms with Crippen LogP contribution in [0.2, 0.25) is 0 Å². The zero-order valence-electron chi connectivity index (χ0n) is 15.1. The molecule has 3 rings (SSSR count). The van der Waals surface area contributed by atoms with Crippen molar-refractivity contribution in [3.63, 3.8) is 0 Å². The molecule has 6 nitrogen and oxygen atoms in total. The predicted molar refractivity (Wildman–Crippen MR) is 100.0 cm³/mol. The quantitative estimate of drug-likeness (QED) is 0.823. The summed E-state index contributed by atoms with van der Waals surface area (Å²) >= 11 is 0. The van der Waals surface area contributed by atoms with E-state index >= 15 is 0 Å². The van der Waals surface area contributed by atoms with Gasteiger partial charge in [-0.25, -0.2) is 13.6 Å². The first-order chi connectivity index (χ1) is 12.1. The van der Waals surface area contributed by atoms with E-state index in [4.69, 9.17) is 9.88 Å². The van der Waals surface area contributed by atoms with E-state index in [9.17, 15) is 13.2 Å². The molecule has 1 fully saturated rings. The van der Waals surface area contributed by atoms with Gasteiger partial charge >= 0.3 is 0 Å². The second kappa shape index (κ2) is 6.55. The van der Waals surface area contributed by atoms with Gasteiger partial charge in [-0.1, -0.05) is 26.0 Å². The summed E-state index contributed by atoms with van der Waals surface area (Å²) in [4.78, 5) is 12.7. The number of hydrogen-bond donors (Lipinski definition) is 2. The molecule has 3 N–H and O–H groups in total. The Morgan fingerprint density at radius 3 is 2.42 bits per heavy atom. The lowest BCUT2D eigenvalue weighted by Crippen LogP contribution is -2.29. The molecule has 7 heteroatoms. The van der Waals surface area contributed by atoms with E-state index in [0.29, 0.717) is 17.7 Å². The first kappa shape index (κ1) is 18.7. The normalized spacial score (nSPS) is 26.8. The SMILES string of the molecule is COc1ccc(C(=O)N[C@H]2[C@H](C3C=CC(S(N)(=O)=O)=CC3)C2(C)C)cc1. The monoisotopic (exact) mass is 376 g/mol. The van der Waals surface area contributed by atoms with Crippen molar-refractivity contribution in [2.75, 3.05) is 7.11 Å². The Labute approximate surface area is 154 Å². The predicted octanol–water partition coefficient (Wildman–Crippen LogP) is 2.20. The lowest BCUT2D eigenvalue weighted by Gasteiger charge is -2.16. The number of primary sulfonamides is 1. The van der Waals surface area contributed by atoms with Gasteiger partial charge in [0.2, 0.25) is 10.0 Å². The Morgan fingerprint density at radius 2 is 1.92 bits per heavy atom. The molecule has 1 aromatic rings. The lowest BCUT2D eigenvalue weighted by molar-refractivity contribution is 0.0944. The first-order valence-corrected chi connectivity index (χ1v) is 10.1. The molecule has 0 bridgehead atoms. The Hall–Kier alpha value is -2.12. The number of carbonyl (C=O) groups is 1. The maximum atomic E-state index is 12.5. The molecule has 2 aliphatic rings. The van der Waals surface area contributed by atoms with E-state index in [1.807, 2.05) is 6.08 Å². The van der Waals surface area contributed by atoms with Crippen LogP contribution >= 0.6 is 0 Å². The zero-order valence-corrected chi connectivity index (χ0v) is 15.9. The minimum Gasteiger partial charge on any atom is -0.497 e. The number of carbonyl (C=O) groups excluding carboxylic acids is 1. The second-order valence-electron chi connectivity index (χ2n) is 7.44. The van der Waals surface area contributed by atoms with Gasteiger partial charge in [-0.2, -0.15) is 0 Å². The van der Waals surface area contributed by atoms with E-state index in [1.165, 1.54) is 0 Å². The topological polar surface area (TPSA) is 98.5 Å². The standard InChI is InChI=1S/C19H24N2O4S/c1-19(2)16(12-6-10-15(11-7-12)26(20,23)24)17(19)21-18(22)13-4-8-14(25-3)9-5-13/h4-6,8-12,16-17H,7H2,1-3H3,(H,21,22)(H2,20,23,24)/t12?,16-,17-/m0/s1. The zero-order chi connectivity index (χ0) is 19.1. The van der Waals surface area contributed by atoms with Crippen molar-refractivity contribution in [1.82, 2.24) is 5.32 Å². The lowest BCUT2D eigenvalue weighted by atomic mass is 9.91. The van der Waals surface area contributed by atoms with Gasteiger partial charge in [0, 0.05) is 11.6 Å². The number of nitrogens with one attached hydrogen (secondary N) is 1. The average Bonchev–Trinajstić information content (AvgIpc) is 3.14. The third kappa shape index (κ3) is 3.54. The van der Waals surface area contributed by atoms with Crippen molar-refractivity contribution in [3.8, 4) is 5.75 Å². The molecule has 26 heavy (non-hydrogen) atoms. The molecule has 0 heterocycles. The molecule has 1 aromatic carbocycles. The maximum Gasteiger partial charge on any atom is 0.251 e. The number of sulfonamides is 1. The van der Waals surface area contributed by atoms with E-state index in [2.05, 4.69) is 19.2 Å². The van der Waals surface area contributed by atoms with E-state index in [0.717, 1.165) is 0 Å². The highest BCUT2D eigenvalue weighted by atomic mass is 32.2. The van der Waals surface area contributed by atoms with Crippen molar-refractivity contribution in [2.24, 2.45) is 22.4 Å². The summed E-state index contributed by atoms with van der Waals surface area (Å²) in [6.45, 7) is 4.23. The fourth-order valence-corrected chi connectivity index (χ4v) is 4.41. The summed E-state index contributed by atoms with van der Waals surface area (Å²) in [6, 6.07) is 7.03. The third-order valence-electron chi connectivity index (χ3n) is 5.44. The van der Waals surface area contributed by atoms with Gasteiger partial charge in [0.15, 0.2) is 0 Å². The second-order valence-corrected chi connectivity index (χ2v) is 9.00. The van der Waals surface area contributed by atoms with Crippen LogP contribution in [0.25, 0.3) is 0 Å². The number of rotatable bonds is 5. The highest BCUT2D eigenvalue weighted by Gasteiger charge is 2.60. The van der Waals surface area contributed by atoms with Crippen molar-refractivity contribution in [2.45, 2.75) is 26.3 Å². The molecule has 1 amide bonds. The van der Waals surface area contributed by atoms with Crippen molar-refractivity contribution >= 4 is 15.9 Å². The minimum atomic E-state index is -3.66. The molecule has 0 radical (unpaired) electrons. The summed E-state index contributed by atoms with van der Waals surface area (Å²) in [5.41, 5.74) is 0.534. The number of benzene rings is 1. The molecule has 0 saturated heterocycles. The van der Waals surface area contributed by atoms with Crippen LogP contribution in [0.4, 0.5) is 0 Å². The van der Waals surface area contributed by atoms with Crippen LogP contribution in [0.3, 0.4) is 0 Å². The third-order valence-corrected chi connectivity index (χ3v) is 6.40. The smallest absolute Gasteiger partial charge is 0.251 e. The van der Waals surface area contributed by atoms with Crippen molar-refractivity contribution in [3.05, 3.63) is 53.0 Å². The van der Waals surface area contributed by atoms with Crippen LogP contribution in [0, 0.1) is 17.3 Å². The van der Waals surface area contributed by atoms with Gasteiger partial charge < -0.3 is 10.1 Å². The van der Waals surface area contributed by atoms with Gasteiger partial charge in [0.1, 0.15) is 5.75 Å². The number of methoxy groups -OCH3 is 1. The summed E-state index contributed by atoms with van der Waals surface area (Å²) in [5.74, 6) is 1.01. The molecular formula is C19H24N2O4S. The Morgan fingerprint density at radius 1 is 1.27 bits per heavy atom. The average molecular weight is 376 g/mol. The molecule has 3 atom stereocenters. The van der Waals surface area contributed by atoms with E-state index in [-0.39, 0.29) is 34.1 Å².